The van der Waals surface area contributed by atoms with Crippen molar-refractivity contribution in [2.24, 2.45) is 0 Å². The fraction of sp³-hybridized carbons (Fsp3) is 0.483. The van der Waals surface area contributed by atoms with E-state index in [0.717, 1.165) is 10.6 Å². The first-order chi connectivity index (χ1) is 20.7. The highest BCUT2D eigenvalue weighted by Crippen LogP contribution is 2.50. The van der Waals surface area contributed by atoms with Gasteiger partial charge in [0.15, 0.2) is 35.7 Å². The number of hydrogen-bond donors (Lipinski definition) is 3. The second-order valence-corrected chi connectivity index (χ2v) is 10.2. The van der Waals surface area contributed by atoms with E-state index in [-0.39, 0.29) is 11.2 Å². The van der Waals surface area contributed by atoms with Crippen molar-refractivity contribution in [1.82, 2.24) is 10.4 Å². The molecule has 0 bridgehead atoms. The molecule has 3 aliphatic rings. The molecule has 2 fully saturated rings. The molecule has 14 heteroatoms. The number of fused-ring (bicyclic) bond motifs is 4. The van der Waals surface area contributed by atoms with Crippen molar-refractivity contribution in [3.63, 3.8) is 0 Å². The molecular weight excluding hydrogens is 568 g/mol. The zero-order chi connectivity index (χ0) is 31.0. The van der Waals surface area contributed by atoms with E-state index >= 15 is 0 Å². The molecule has 0 spiro atoms. The van der Waals surface area contributed by atoms with Crippen molar-refractivity contribution in [3.8, 4) is 34.1 Å². The van der Waals surface area contributed by atoms with Gasteiger partial charge >= 0.3 is 5.97 Å². The Balaban J connectivity index is 1.48. The van der Waals surface area contributed by atoms with Gasteiger partial charge in [-0.25, -0.2) is 4.79 Å². The molecule has 2 aliphatic heterocycles. The Morgan fingerprint density at radius 3 is 2.33 bits per heavy atom. The molecule has 1 aliphatic carbocycles. The van der Waals surface area contributed by atoms with E-state index in [1.165, 1.54) is 41.6 Å². The number of hydrogen-bond acceptors (Lipinski definition) is 13. The lowest BCUT2D eigenvalue weighted by Crippen LogP contribution is -2.48. The summed E-state index contributed by atoms with van der Waals surface area (Å²) in [5.41, 5.74) is 2.30. The number of ether oxygens (including phenoxy) is 6. The number of aliphatic hydroxyl groups excluding tert-OH is 2. The third-order valence-corrected chi connectivity index (χ3v) is 7.93. The van der Waals surface area contributed by atoms with Crippen molar-refractivity contribution >= 4 is 11.9 Å². The van der Waals surface area contributed by atoms with Crippen molar-refractivity contribution < 1.29 is 53.1 Å². The van der Waals surface area contributed by atoms with E-state index in [9.17, 15) is 24.6 Å². The summed E-state index contributed by atoms with van der Waals surface area (Å²) in [5.74, 6) is -0.0289. The van der Waals surface area contributed by atoms with Crippen LogP contribution >= 0.6 is 0 Å². The second-order valence-electron chi connectivity index (χ2n) is 10.2. The second kappa shape index (κ2) is 12.3. The molecule has 2 heterocycles. The number of methoxy groups -OCH3 is 4. The minimum atomic E-state index is -1.56. The average Bonchev–Trinajstić information content (AvgIpc) is 3.34. The maximum absolute atomic E-state index is 13.4. The molecule has 2 aromatic rings. The van der Waals surface area contributed by atoms with Crippen molar-refractivity contribution in [3.05, 3.63) is 45.6 Å². The minimum absolute atomic E-state index is 0.116. The van der Waals surface area contributed by atoms with E-state index < -0.39 is 55.1 Å². The number of hydroxylamine groups is 2. The van der Waals surface area contributed by atoms with Gasteiger partial charge in [0.25, 0.3) is 0 Å². The van der Waals surface area contributed by atoms with E-state index in [1.54, 1.807) is 12.1 Å². The van der Waals surface area contributed by atoms with Crippen molar-refractivity contribution in [1.29, 1.82) is 0 Å². The third-order valence-electron chi connectivity index (χ3n) is 7.93. The average molecular weight is 603 g/mol. The predicted octanol–water partition coefficient (Wildman–Crippen LogP) is 0.0872. The molecule has 2 saturated heterocycles. The fourth-order valence-electron chi connectivity index (χ4n) is 5.90. The number of carbonyl (C=O) groups excluding carboxylic acids is 2. The van der Waals surface area contributed by atoms with Crippen LogP contribution in [0.2, 0.25) is 0 Å². The number of nitrogens with one attached hydrogen (secondary N) is 1. The maximum atomic E-state index is 13.4. The largest absolute Gasteiger partial charge is 0.493 e. The summed E-state index contributed by atoms with van der Waals surface area (Å²) in [4.78, 5) is 43.5. The van der Waals surface area contributed by atoms with Gasteiger partial charge in [0.2, 0.25) is 17.1 Å². The van der Waals surface area contributed by atoms with E-state index in [4.69, 9.17) is 33.3 Å². The molecule has 0 saturated carbocycles. The molecule has 0 unspecified atom stereocenters. The normalized spacial score (nSPS) is 25.6. The molecule has 5 rings (SSSR count). The van der Waals surface area contributed by atoms with Gasteiger partial charge in [0.05, 0.1) is 41.6 Å². The lowest BCUT2D eigenvalue weighted by Gasteiger charge is -2.29. The Labute approximate surface area is 246 Å². The highest BCUT2D eigenvalue weighted by atomic mass is 16.7. The summed E-state index contributed by atoms with van der Waals surface area (Å²) in [6.45, 7) is -0.391. The first-order valence-electron chi connectivity index (χ1n) is 13.5. The number of benzene rings is 1. The molecule has 43 heavy (non-hydrogen) atoms. The van der Waals surface area contributed by atoms with Crippen LogP contribution in [0.15, 0.2) is 29.1 Å². The Morgan fingerprint density at radius 2 is 1.70 bits per heavy atom. The number of carbonyl (C=O) groups is 2. The highest BCUT2D eigenvalue weighted by molar-refractivity contribution is 5.84. The van der Waals surface area contributed by atoms with Gasteiger partial charge < -0.3 is 44.0 Å². The number of nitrogens with zero attached hydrogens (tertiary/aromatic N) is 1. The topological polar surface area (TPSA) is 172 Å². The quantitative estimate of drug-likeness (QED) is 0.261. The molecule has 14 nitrogen and oxygen atoms in total. The number of aliphatic hydroxyl groups is 2. The summed E-state index contributed by atoms with van der Waals surface area (Å²) in [5, 5.41) is 24.8. The van der Waals surface area contributed by atoms with Gasteiger partial charge in [0.1, 0.15) is 18.8 Å². The SMILES string of the molecule is COc1cc2c(c(OC)c1OC)-c1ccc(OC)c(=O)cc1[C@@H](NC(=O)CN(OC)[C@@H]1O[C@H]3[C@H](OC(=O)[C@@H]3O)[C@H]1O)CC2. The van der Waals surface area contributed by atoms with Crippen LogP contribution in [0.1, 0.15) is 23.6 Å². The van der Waals surface area contributed by atoms with Crippen LogP contribution in [0.3, 0.4) is 0 Å². The molecule has 232 valence electrons. The number of esters is 1. The summed E-state index contributed by atoms with van der Waals surface area (Å²) in [7, 11) is 7.23. The van der Waals surface area contributed by atoms with Crippen LogP contribution in [0.25, 0.3) is 11.1 Å². The molecule has 2 aromatic carbocycles. The molecular formula is C29H34N2O12. The molecule has 0 radical (unpaired) electrons. The first kappa shape index (κ1) is 30.5. The lowest BCUT2D eigenvalue weighted by molar-refractivity contribution is -0.251. The summed E-state index contributed by atoms with van der Waals surface area (Å²) >= 11 is 0. The maximum Gasteiger partial charge on any atom is 0.338 e. The van der Waals surface area contributed by atoms with Gasteiger partial charge in [0, 0.05) is 5.56 Å². The van der Waals surface area contributed by atoms with E-state index in [2.05, 4.69) is 5.32 Å². The van der Waals surface area contributed by atoms with Gasteiger partial charge in [-0.05, 0) is 47.7 Å². The molecule has 6 atom stereocenters. The van der Waals surface area contributed by atoms with Crippen LogP contribution in [0.5, 0.6) is 23.0 Å². The summed E-state index contributed by atoms with van der Waals surface area (Å²) in [6, 6.07) is 5.93. The van der Waals surface area contributed by atoms with Crippen molar-refractivity contribution in [2.75, 3.05) is 42.1 Å². The zero-order valence-electron chi connectivity index (χ0n) is 24.3. The fourth-order valence-corrected chi connectivity index (χ4v) is 5.90. The number of amides is 1. The zero-order valence-corrected chi connectivity index (χ0v) is 24.3. The summed E-state index contributed by atoms with van der Waals surface area (Å²) in [6.07, 6.45) is -5.46. The Morgan fingerprint density at radius 1 is 0.977 bits per heavy atom. The van der Waals surface area contributed by atoms with Gasteiger partial charge in [-0.15, -0.1) is 5.06 Å². The molecule has 3 N–H and O–H groups in total. The van der Waals surface area contributed by atoms with Crippen LogP contribution in [0, 0.1) is 0 Å². The van der Waals surface area contributed by atoms with Crippen LogP contribution in [-0.2, 0) is 30.3 Å². The van der Waals surface area contributed by atoms with E-state index in [1.807, 2.05) is 6.07 Å². The van der Waals surface area contributed by atoms with Crippen LogP contribution in [-0.4, -0.2) is 99.9 Å². The minimum Gasteiger partial charge on any atom is -0.493 e. The number of aryl methyl sites for hydroxylation is 1. The smallest absolute Gasteiger partial charge is 0.338 e. The Hall–Kier alpha value is -3.95. The standard InChI is InChI=1S/C29H34N2O12/c1-37-18-9-7-14-15(11-17(18)32)16(8-6-13-10-19(38-2)24(39-3)25(40-4)21(13)14)30-20(33)12-31(41-5)28-22(34)26-27(42-28)23(35)29(36)43-26/h7,9-11,16,22-23,26-28,34-35H,6,8,12H2,1-5H3,(H,30,33)/t16-,22+,23+,26+,27+,28+/m0/s1. The van der Waals surface area contributed by atoms with Crippen LogP contribution < -0.4 is 29.7 Å². The summed E-state index contributed by atoms with van der Waals surface area (Å²) < 4.78 is 32.9. The van der Waals surface area contributed by atoms with Gasteiger partial charge in [-0.1, -0.05) is 6.07 Å². The highest BCUT2D eigenvalue weighted by Gasteiger charge is 2.58. The molecule has 1 amide bonds. The Bertz CT molecular complexity index is 1470. The van der Waals surface area contributed by atoms with Crippen LogP contribution in [0.4, 0.5) is 0 Å². The molecule has 0 aromatic heterocycles. The van der Waals surface area contributed by atoms with Gasteiger partial charge in [-0.3, -0.25) is 14.4 Å². The first-order valence-corrected chi connectivity index (χ1v) is 13.5. The predicted molar refractivity (Wildman–Crippen MR) is 148 cm³/mol. The van der Waals surface area contributed by atoms with Gasteiger partial charge in [-0.2, -0.15) is 0 Å². The number of rotatable bonds is 9. The van der Waals surface area contributed by atoms with Crippen molar-refractivity contribution in [2.45, 2.75) is 49.5 Å². The monoisotopic (exact) mass is 602 g/mol. The van der Waals surface area contributed by atoms with E-state index in [0.29, 0.717) is 46.8 Å². The lowest BCUT2D eigenvalue weighted by atomic mass is 9.95. The third kappa shape index (κ3) is 5.36. The Kier molecular flexibility index (Phi) is 8.76.